The molecule has 0 atom stereocenters. The number of likely N-dealkylation sites (N-methyl/N-ethyl adjacent to an activating group) is 1. The van der Waals surface area contributed by atoms with E-state index in [1.165, 1.54) is 0 Å². The molecule has 150 valence electrons. The van der Waals surface area contributed by atoms with Crippen molar-refractivity contribution in [2.24, 2.45) is 0 Å². The largest absolute Gasteiger partial charge is 0.494 e. The number of anilines is 2. The van der Waals surface area contributed by atoms with Gasteiger partial charge in [-0.1, -0.05) is 17.7 Å². The first-order valence-corrected chi connectivity index (χ1v) is 9.37. The number of hydrogen-bond donors (Lipinski definition) is 2. The predicted octanol–water partition coefficient (Wildman–Crippen LogP) is 3.52. The molecule has 0 fully saturated rings. The molecule has 0 aliphatic rings. The summed E-state index contributed by atoms with van der Waals surface area (Å²) in [5.74, 6) is 0.435. The quantitative estimate of drug-likeness (QED) is 0.732. The molecule has 0 saturated carbocycles. The van der Waals surface area contributed by atoms with E-state index in [2.05, 4.69) is 10.6 Å². The first-order valence-electron chi connectivity index (χ1n) is 9.37. The third-order valence-electron chi connectivity index (χ3n) is 4.22. The van der Waals surface area contributed by atoms with Gasteiger partial charge in [-0.3, -0.25) is 14.5 Å². The van der Waals surface area contributed by atoms with Gasteiger partial charge in [0.15, 0.2) is 0 Å². The van der Waals surface area contributed by atoms with Crippen molar-refractivity contribution in [2.45, 2.75) is 27.7 Å². The Labute approximate surface area is 166 Å². The number of amides is 2. The van der Waals surface area contributed by atoms with E-state index in [-0.39, 0.29) is 24.9 Å². The SMILES string of the molecule is CCOc1ccc(NC(=O)CN(C)CC(=O)Nc2c(C)cc(C)cc2C)cc1. The van der Waals surface area contributed by atoms with Crippen LogP contribution >= 0.6 is 0 Å². The van der Waals surface area contributed by atoms with E-state index in [4.69, 9.17) is 4.74 Å². The first kappa shape index (κ1) is 21.4. The summed E-state index contributed by atoms with van der Waals surface area (Å²) >= 11 is 0. The number of benzene rings is 2. The van der Waals surface area contributed by atoms with Gasteiger partial charge in [-0.2, -0.15) is 0 Å². The summed E-state index contributed by atoms with van der Waals surface area (Å²) in [4.78, 5) is 26.2. The van der Waals surface area contributed by atoms with Gasteiger partial charge in [0.25, 0.3) is 0 Å². The summed E-state index contributed by atoms with van der Waals surface area (Å²) in [6, 6.07) is 11.3. The maximum absolute atomic E-state index is 12.4. The highest BCUT2D eigenvalue weighted by Crippen LogP contribution is 2.21. The topological polar surface area (TPSA) is 70.7 Å². The molecule has 0 bridgehead atoms. The van der Waals surface area contributed by atoms with Crippen LogP contribution in [0.25, 0.3) is 0 Å². The average molecular weight is 383 g/mol. The zero-order chi connectivity index (χ0) is 20.7. The van der Waals surface area contributed by atoms with Crippen LogP contribution in [0.3, 0.4) is 0 Å². The van der Waals surface area contributed by atoms with Gasteiger partial charge in [-0.15, -0.1) is 0 Å². The fourth-order valence-corrected chi connectivity index (χ4v) is 3.10. The summed E-state index contributed by atoms with van der Waals surface area (Å²) in [5, 5.41) is 5.77. The van der Waals surface area contributed by atoms with Crippen LogP contribution in [0.5, 0.6) is 5.75 Å². The average Bonchev–Trinajstić information content (AvgIpc) is 2.59. The number of rotatable bonds is 8. The lowest BCUT2D eigenvalue weighted by Gasteiger charge is -2.18. The minimum atomic E-state index is -0.179. The lowest BCUT2D eigenvalue weighted by molar-refractivity contribution is -0.119. The number of nitrogens with one attached hydrogen (secondary N) is 2. The van der Waals surface area contributed by atoms with Gasteiger partial charge in [-0.05, 0) is 70.1 Å². The van der Waals surface area contributed by atoms with E-state index in [9.17, 15) is 9.59 Å². The highest BCUT2D eigenvalue weighted by atomic mass is 16.5. The number of ether oxygens (including phenoxy) is 1. The minimum absolute atomic E-state index is 0.118. The molecular formula is C22H29N3O3. The number of hydrogen-bond acceptors (Lipinski definition) is 4. The van der Waals surface area contributed by atoms with Crippen molar-refractivity contribution in [3.05, 3.63) is 53.1 Å². The molecule has 2 amide bonds. The molecule has 0 unspecified atom stereocenters. The van der Waals surface area contributed by atoms with Crippen molar-refractivity contribution < 1.29 is 14.3 Å². The summed E-state index contributed by atoms with van der Waals surface area (Å²) in [6.45, 7) is 8.74. The zero-order valence-electron chi connectivity index (χ0n) is 17.3. The third-order valence-corrected chi connectivity index (χ3v) is 4.22. The highest BCUT2D eigenvalue weighted by molar-refractivity contribution is 5.95. The molecule has 0 saturated heterocycles. The molecule has 0 spiro atoms. The van der Waals surface area contributed by atoms with Crippen LogP contribution < -0.4 is 15.4 Å². The Bertz CT molecular complexity index is 808. The van der Waals surface area contributed by atoms with Crippen LogP contribution in [0.4, 0.5) is 11.4 Å². The van der Waals surface area contributed by atoms with Gasteiger partial charge < -0.3 is 15.4 Å². The maximum atomic E-state index is 12.4. The first-order chi connectivity index (χ1) is 13.3. The molecule has 0 aromatic heterocycles. The predicted molar refractivity (Wildman–Crippen MR) is 113 cm³/mol. The van der Waals surface area contributed by atoms with Gasteiger partial charge in [0, 0.05) is 11.4 Å². The molecule has 28 heavy (non-hydrogen) atoms. The standard InChI is InChI=1S/C22H29N3O3/c1-6-28-19-9-7-18(8-10-19)23-20(26)13-25(5)14-21(27)24-22-16(3)11-15(2)12-17(22)4/h7-12H,6,13-14H2,1-5H3,(H,23,26)(H,24,27). The van der Waals surface area contributed by atoms with Crippen LogP contribution in [0, 0.1) is 20.8 Å². The lowest BCUT2D eigenvalue weighted by Crippen LogP contribution is -2.36. The highest BCUT2D eigenvalue weighted by Gasteiger charge is 2.13. The molecule has 0 heterocycles. The Balaban J connectivity index is 1.84. The van der Waals surface area contributed by atoms with Crippen LogP contribution in [0.1, 0.15) is 23.6 Å². The molecule has 2 N–H and O–H groups in total. The van der Waals surface area contributed by atoms with Crippen molar-refractivity contribution >= 4 is 23.2 Å². The molecule has 2 aromatic rings. The van der Waals surface area contributed by atoms with E-state index >= 15 is 0 Å². The van der Waals surface area contributed by atoms with E-state index in [0.717, 1.165) is 28.1 Å². The van der Waals surface area contributed by atoms with E-state index < -0.39 is 0 Å². The second-order valence-electron chi connectivity index (χ2n) is 7.00. The number of carbonyl (C=O) groups is 2. The monoisotopic (exact) mass is 383 g/mol. The normalized spacial score (nSPS) is 10.6. The Hall–Kier alpha value is -2.86. The lowest BCUT2D eigenvalue weighted by atomic mass is 10.1. The third kappa shape index (κ3) is 6.39. The molecule has 0 radical (unpaired) electrons. The summed E-state index contributed by atoms with van der Waals surface area (Å²) < 4.78 is 5.38. The van der Waals surface area contributed by atoms with E-state index in [1.54, 1.807) is 24.1 Å². The minimum Gasteiger partial charge on any atom is -0.494 e. The number of nitrogens with zero attached hydrogens (tertiary/aromatic N) is 1. The Morgan fingerprint density at radius 2 is 1.46 bits per heavy atom. The molecule has 0 aliphatic heterocycles. The van der Waals surface area contributed by atoms with Crippen molar-refractivity contribution in [2.75, 3.05) is 37.4 Å². The van der Waals surface area contributed by atoms with E-state index in [1.807, 2.05) is 52.0 Å². The van der Waals surface area contributed by atoms with Gasteiger partial charge in [0.05, 0.1) is 19.7 Å². The van der Waals surface area contributed by atoms with Gasteiger partial charge in [0.1, 0.15) is 5.75 Å². The summed E-state index contributed by atoms with van der Waals surface area (Å²) in [6.07, 6.45) is 0. The number of aryl methyl sites for hydroxylation is 3. The smallest absolute Gasteiger partial charge is 0.238 e. The number of carbonyl (C=O) groups excluding carboxylic acids is 2. The second-order valence-corrected chi connectivity index (χ2v) is 7.00. The Morgan fingerprint density at radius 1 is 0.929 bits per heavy atom. The molecule has 2 rings (SSSR count). The Morgan fingerprint density at radius 3 is 2.00 bits per heavy atom. The van der Waals surface area contributed by atoms with Gasteiger partial charge >= 0.3 is 0 Å². The maximum Gasteiger partial charge on any atom is 0.238 e. The van der Waals surface area contributed by atoms with Crippen LogP contribution in [0.15, 0.2) is 36.4 Å². The Kier molecular flexibility index (Phi) is 7.58. The summed E-state index contributed by atoms with van der Waals surface area (Å²) in [7, 11) is 1.74. The molecule has 6 heteroatoms. The van der Waals surface area contributed by atoms with Crippen molar-refractivity contribution in [1.29, 1.82) is 0 Å². The van der Waals surface area contributed by atoms with Crippen LogP contribution in [-0.4, -0.2) is 43.5 Å². The zero-order valence-corrected chi connectivity index (χ0v) is 17.3. The van der Waals surface area contributed by atoms with Crippen molar-refractivity contribution in [3.8, 4) is 5.75 Å². The van der Waals surface area contributed by atoms with Crippen molar-refractivity contribution in [3.63, 3.8) is 0 Å². The molecular weight excluding hydrogens is 354 g/mol. The summed E-state index contributed by atoms with van der Waals surface area (Å²) in [5.41, 5.74) is 4.75. The van der Waals surface area contributed by atoms with Crippen LogP contribution in [-0.2, 0) is 9.59 Å². The van der Waals surface area contributed by atoms with Crippen LogP contribution in [0.2, 0.25) is 0 Å². The molecule has 2 aromatic carbocycles. The fourth-order valence-electron chi connectivity index (χ4n) is 3.10. The second kappa shape index (κ2) is 9.90. The van der Waals surface area contributed by atoms with Gasteiger partial charge in [-0.25, -0.2) is 0 Å². The molecule has 6 nitrogen and oxygen atoms in total. The van der Waals surface area contributed by atoms with E-state index in [0.29, 0.717) is 12.3 Å². The van der Waals surface area contributed by atoms with Gasteiger partial charge in [0.2, 0.25) is 11.8 Å². The fraction of sp³-hybridized carbons (Fsp3) is 0.364. The molecule has 0 aliphatic carbocycles. The van der Waals surface area contributed by atoms with Crippen molar-refractivity contribution in [1.82, 2.24) is 4.90 Å².